The van der Waals surface area contributed by atoms with E-state index in [1.165, 1.54) is 19.2 Å². The van der Waals surface area contributed by atoms with E-state index in [2.05, 4.69) is 0 Å². The summed E-state index contributed by atoms with van der Waals surface area (Å²) in [6.45, 7) is 0. The average Bonchev–Trinajstić information content (AvgIpc) is 2.02. The summed E-state index contributed by atoms with van der Waals surface area (Å²) >= 11 is 5.58. The van der Waals surface area contributed by atoms with Crippen LogP contribution in [0.1, 0.15) is 0 Å². The van der Waals surface area contributed by atoms with Crippen LogP contribution in [0.4, 0.5) is 11.4 Å². The lowest BCUT2D eigenvalue weighted by Crippen LogP contribution is -1.98. The Morgan fingerprint density at radius 1 is 1.62 bits per heavy atom. The average molecular weight is 203 g/mol. The molecule has 0 heterocycles. The molecule has 0 radical (unpaired) electrons. The van der Waals surface area contributed by atoms with Gasteiger partial charge in [0.2, 0.25) is 5.75 Å². The Kier molecular flexibility index (Phi) is 2.57. The molecule has 0 aliphatic carbocycles. The molecule has 0 fully saturated rings. The maximum Gasteiger partial charge on any atom is 0.314 e. The van der Waals surface area contributed by atoms with Crippen molar-refractivity contribution in [1.29, 1.82) is 0 Å². The molecule has 0 unspecified atom stereocenters. The molecule has 0 aromatic heterocycles. The van der Waals surface area contributed by atoms with Gasteiger partial charge in [-0.05, 0) is 6.07 Å². The van der Waals surface area contributed by atoms with Crippen LogP contribution >= 0.6 is 11.6 Å². The predicted octanol–water partition coefficient (Wildman–Crippen LogP) is 1.84. The lowest BCUT2D eigenvalue weighted by atomic mass is 10.2. The van der Waals surface area contributed by atoms with Gasteiger partial charge in [-0.25, -0.2) is 0 Å². The molecule has 0 saturated heterocycles. The third-order valence-corrected chi connectivity index (χ3v) is 1.68. The van der Waals surface area contributed by atoms with Gasteiger partial charge in [-0.3, -0.25) is 10.1 Å². The molecule has 1 aromatic rings. The van der Waals surface area contributed by atoms with Gasteiger partial charge in [0, 0.05) is 11.1 Å². The fraction of sp³-hybridized carbons (Fsp3) is 0.143. The molecule has 13 heavy (non-hydrogen) atoms. The number of nitro groups is 1. The Morgan fingerprint density at radius 3 is 2.69 bits per heavy atom. The Morgan fingerprint density at radius 2 is 2.23 bits per heavy atom. The number of nitrogen functional groups attached to an aromatic ring is 1. The summed E-state index contributed by atoms with van der Waals surface area (Å²) in [7, 11) is 1.31. The highest BCUT2D eigenvalue weighted by atomic mass is 35.5. The van der Waals surface area contributed by atoms with Gasteiger partial charge in [0.15, 0.2) is 0 Å². The van der Waals surface area contributed by atoms with Crippen LogP contribution < -0.4 is 10.5 Å². The molecule has 0 atom stereocenters. The van der Waals surface area contributed by atoms with E-state index in [1.54, 1.807) is 0 Å². The van der Waals surface area contributed by atoms with Crippen molar-refractivity contribution in [2.45, 2.75) is 0 Å². The third-order valence-electron chi connectivity index (χ3n) is 1.46. The van der Waals surface area contributed by atoms with Crippen molar-refractivity contribution in [1.82, 2.24) is 0 Å². The largest absolute Gasteiger partial charge is 0.489 e. The third kappa shape index (κ3) is 1.81. The highest BCUT2D eigenvalue weighted by Gasteiger charge is 2.18. The fourth-order valence-electron chi connectivity index (χ4n) is 0.958. The van der Waals surface area contributed by atoms with Crippen molar-refractivity contribution in [2.24, 2.45) is 0 Å². The van der Waals surface area contributed by atoms with E-state index < -0.39 is 4.92 Å². The maximum absolute atomic E-state index is 10.5. The van der Waals surface area contributed by atoms with Crippen molar-refractivity contribution in [2.75, 3.05) is 12.8 Å². The molecule has 0 aliphatic rings. The van der Waals surface area contributed by atoms with Crippen LogP contribution in [-0.2, 0) is 0 Å². The number of methoxy groups -OCH3 is 1. The van der Waals surface area contributed by atoms with Gasteiger partial charge in [-0.15, -0.1) is 0 Å². The van der Waals surface area contributed by atoms with Gasteiger partial charge < -0.3 is 10.5 Å². The monoisotopic (exact) mass is 202 g/mol. The van der Waals surface area contributed by atoms with E-state index in [4.69, 9.17) is 22.1 Å². The fourth-order valence-corrected chi connectivity index (χ4v) is 1.18. The zero-order chi connectivity index (χ0) is 10.0. The number of hydrogen-bond donors (Lipinski definition) is 1. The Hall–Kier alpha value is -1.49. The molecule has 0 saturated carbocycles. The first-order valence-corrected chi connectivity index (χ1v) is 3.71. The first kappa shape index (κ1) is 9.60. The summed E-state index contributed by atoms with van der Waals surface area (Å²) in [5.41, 5.74) is 5.38. The summed E-state index contributed by atoms with van der Waals surface area (Å²) in [5, 5.41) is 10.7. The molecule has 0 amide bonds. The van der Waals surface area contributed by atoms with E-state index in [9.17, 15) is 10.1 Å². The van der Waals surface area contributed by atoms with E-state index >= 15 is 0 Å². The molecule has 0 spiro atoms. The van der Waals surface area contributed by atoms with Crippen LogP contribution in [0, 0.1) is 10.1 Å². The van der Waals surface area contributed by atoms with Crippen LogP contribution in [0.2, 0.25) is 5.02 Å². The number of rotatable bonds is 2. The zero-order valence-electron chi connectivity index (χ0n) is 6.78. The SMILES string of the molecule is COc1c(N)cc(Cl)cc1[N+](=O)[O-]. The number of ether oxygens (including phenoxy) is 1. The summed E-state index contributed by atoms with van der Waals surface area (Å²) in [6, 6.07) is 2.59. The molecule has 0 aliphatic heterocycles. The number of halogens is 1. The molecule has 6 heteroatoms. The van der Waals surface area contributed by atoms with Crippen molar-refractivity contribution < 1.29 is 9.66 Å². The lowest BCUT2D eigenvalue weighted by Gasteiger charge is -2.04. The topological polar surface area (TPSA) is 78.4 Å². The van der Waals surface area contributed by atoms with Gasteiger partial charge in [-0.1, -0.05) is 11.6 Å². The molecule has 1 aromatic carbocycles. The number of nitrogens with two attached hydrogens (primary N) is 1. The predicted molar refractivity (Wildman–Crippen MR) is 49.1 cm³/mol. The van der Waals surface area contributed by atoms with Crippen molar-refractivity contribution >= 4 is 23.0 Å². The van der Waals surface area contributed by atoms with Crippen molar-refractivity contribution in [3.05, 3.63) is 27.3 Å². The van der Waals surface area contributed by atoms with E-state index in [0.29, 0.717) is 0 Å². The van der Waals surface area contributed by atoms with E-state index in [1.807, 2.05) is 0 Å². The first-order chi connectivity index (χ1) is 6.06. The summed E-state index contributed by atoms with van der Waals surface area (Å²) < 4.78 is 4.77. The maximum atomic E-state index is 10.5. The molecule has 70 valence electrons. The molecule has 5 nitrogen and oxygen atoms in total. The highest BCUT2D eigenvalue weighted by Crippen LogP contribution is 2.35. The minimum atomic E-state index is -0.596. The number of nitro benzene ring substituents is 1. The minimum Gasteiger partial charge on any atom is -0.489 e. The molecule has 0 bridgehead atoms. The van der Waals surface area contributed by atoms with Crippen LogP contribution in [0.3, 0.4) is 0 Å². The standard InChI is InChI=1S/C7H7ClN2O3/c1-13-7-5(9)2-4(8)3-6(7)10(11)12/h2-3H,9H2,1H3. The van der Waals surface area contributed by atoms with E-state index in [-0.39, 0.29) is 22.1 Å². The second-order valence-corrected chi connectivity index (χ2v) is 2.74. The minimum absolute atomic E-state index is 0.0365. The molecule has 1 rings (SSSR count). The normalized spacial score (nSPS) is 9.69. The van der Waals surface area contributed by atoms with Crippen LogP contribution in [-0.4, -0.2) is 12.0 Å². The van der Waals surface area contributed by atoms with Gasteiger partial charge >= 0.3 is 5.69 Å². The Bertz CT molecular complexity index is 354. The van der Waals surface area contributed by atoms with Crippen LogP contribution in [0.25, 0.3) is 0 Å². The second kappa shape index (κ2) is 3.49. The molecule has 2 N–H and O–H groups in total. The zero-order valence-corrected chi connectivity index (χ0v) is 7.54. The highest BCUT2D eigenvalue weighted by molar-refractivity contribution is 6.31. The Labute approximate surface area is 79.2 Å². The number of nitrogens with zero attached hydrogens (tertiary/aromatic N) is 1. The van der Waals surface area contributed by atoms with Crippen LogP contribution in [0.5, 0.6) is 5.75 Å². The van der Waals surface area contributed by atoms with Gasteiger partial charge in [0.05, 0.1) is 17.7 Å². The summed E-state index contributed by atoms with van der Waals surface area (Å²) in [6.07, 6.45) is 0. The van der Waals surface area contributed by atoms with Crippen LogP contribution in [0.15, 0.2) is 12.1 Å². The van der Waals surface area contributed by atoms with Gasteiger partial charge in [0.25, 0.3) is 0 Å². The van der Waals surface area contributed by atoms with Crippen molar-refractivity contribution in [3.8, 4) is 5.75 Å². The summed E-state index contributed by atoms with van der Waals surface area (Å²) in [4.78, 5) is 9.90. The number of hydrogen-bond acceptors (Lipinski definition) is 4. The number of anilines is 1. The van der Waals surface area contributed by atoms with Crippen molar-refractivity contribution in [3.63, 3.8) is 0 Å². The van der Waals surface area contributed by atoms with Gasteiger partial charge in [0.1, 0.15) is 0 Å². The van der Waals surface area contributed by atoms with Gasteiger partial charge in [-0.2, -0.15) is 0 Å². The second-order valence-electron chi connectivity index (χ2n) is 2.30. The molecular formula is C7H7ClN2O3. The quantitative estimate of drug-likeness (QED) is 0.451. The Balaban J connectivity index is 3.38. The number of benzene rings is 1. The first-order valence-electron chi connectivity index (χ1n) is 3.33. The lowest BCUT2D eigenvalue weighted by molar-refractivity contribution is -0.385. The molecular weight excluding hydrogens is 196 g/mol. The smallest absolute Gasteiger partial charge is 0.314 e. The summed E-state index contributed by atoms with van der Waals surface area (Å²) in [5.74, 6) is 0.0365. The van der Waals surface area contributed by atoms with E-state index in [0.717, 1.165) is 0 Å².